The van der Waals surface area contributed by atoms with Gasteiger partial charge in [0.25, 0.3) is 0 Å². The number of hydrogen-bond donors (Lipinski definition) is 4. The molecule has 5 unspecified atom stereocenters. The lowest BCUT2D eigenvalue weighted by Crippen LogP contribution is -2.33. The highest BCUT2D eigenvalue weighted by Crippen LogP contribution is 2.37. The van der Waals surface area contributed by atoms with E-state index in [4.69, 9.17) is 9.47 Å². The highest BCUT2D eigenvalue weighted by atomic mass is 16.6. The molecule has 10 heteroatoms. The zero-order chi connectivity index (χ0) is 23.1. The number of aryl methyl sites for hydroxylation is 1. The van der Waals surface area contributed by atoms with Crippen molar-refractivity contribution < 1.29 is 24.8 Å². The Morgan fingerprint density at radius 2 is 2.06 bits per heavy atom. The summed E-state index contributed by atoms with van der Waals surface area (Å²) < 4.78 is 13.1. The van der Waals surface area contributed by atoms with E-state index in [-0.39, 0.29) is 6.04 Å². The normalized spacial score (nSPS) is 26.8. The predicted octanol–water partition coefficient (Wildman–Crippen LogP) is 1.57. The Morgan fingerprint density at radius 1 is 1.21 bits per heavy atom. The molecule has 5 rings (SSSR count). The van der Waals surface area contributed by atoms with Crippen LogP contribution in [0.2, 0.25) is 0 Å². The summed E-state index contributed by atoms with van der Waals surface area (Å²) in [5.74, 6) is 1.95. The van der Waals surface area contributed by atoms with Gasteiger partial charge in [-0.25, -0.2) is 15.0 Å². The molecule has 3 aromatic rings. The van der Waals surface area contributed by atoms with Crippen LogP contribution in [-0.4, -0.2) is 66.4 Å². The fourth-order valence-corrected chi connectivity index (χ4v) is 4.52. The first-order valence-corrected chi connectivity index (χ1v) is 11.3. The van der Waals surface area contributed by atoms with Crippen molar-refractivity contribution in [2.75, 3.05) is 18.5 Å². The number of aromatic nitrogens is 4. The molecule has 5 atom stereocenters. The summed E-state index contributed by atoms with van der Waals surface area (Å²) in [7, 11) is 0. The van der Waals surface area contributed by atoms with Crippen molar-refractivity contribution in [2.24, 2.45) is 5.92 Å². The summed E-state index contributed by atoms with van der Waals surface area (Å²) in [6.45, 7) is 4.56. The van der Waals surface area contributed by atoms with Crippen molar-refractivity contribution in [3.8, 4) is 5.75 Å². The van der Waals surface area contributed by atoms with Crippen molar-refractivity contribution >= 4 is 17.0 Å². The molecule has 0 amide bonds. The molecule has 4 N–H and O–H groups in total. The maximum absolute atomic E-state index is 10.4. The van der Waals surface area contributed by atoms with E-state index in [0.717, 1.165) is 18.6 Å². The molecular weight excluding hydrogens is 426 g/mol. The summed E-state index contributed by atoms with van der Waals surface area (Å²) in [6, 6.07) is 6.31. The first-order valence-electron chi connectivity index (χ1n) is 11.3. The third kappa shape index (κ3) is 4.04. The van der Waals surface area contributed by atoms with E-state index in [1.165, 1.54) is 23.8 Å². The number of rotatable bonds is 7. The van der Waals surface area contributed by atoms with Crippen LogP contribution in [-0.2, 0) is 11.2 Å². The second-order valence-electron chi connectivity index (χ2n) is 9.08. The molecule has 176 valence electrons. The van der Waals surface area contributed by atoms with Crippen molar-refractivity contribution in [3.05, 3.63) is 42.0 Å². The maximum Gasteiger partial charge on any atom is 0.167 e. The monoisotopic (exact) mass is 455 g/mol. The standard InChI is InChI=1S/C23H29N5O5/c1-12(2)9-32-14-4-5-15-13(7-14)3-6-16(15)27-21-18-22(25-10-24-21)28(11-26-18)23-20(31)19(30)17(8-29)33-23/h4-5,7,10-12,16-17,19-20,23,29-31H,3,6,8-9H2,1-2H3,(H,24,25,27). The van der Waals surface area contributed by atoms with E-state index in [9.17, 15) is 15.3 Å². The number of aliphatic hydroxyl groups excluding tert-OH is 3. The van der Waals surface area contributed by atoms with Gasteiger partial charge in [0, 0.05) is 0 Å². The minimum absolute atomic E-state index is 0.0799. The second kappa shape index (κ2) is 8.86. The predicted molar refractivity (Wildman–Crippen MR) is 120 cm³/mol. The van der Waals surface area contributed by atoms with Crippen LogP contribution in [0.1, 0.15) is 43.7 Å². The van der Waals surface area contributed by atoms with Gasteiger partial charge in [0.05, 0.1) is 25.6 Å². The molecule has 1 saturated heterocycles. The molecule has 0 bridgehead atoms. The molecule has 33 heavy (non-hydrogen) atoms. The van der Waals surface area contributed by atoms with Crippen molar-refractivity contribution in [3.63, 3.8) is 0 Å². The summed E-state index contributed by atoms with van der Waals surface area (Å²) in [5.41, 5.74) is 3.48. The van der Waals surface area contributed by atoms with Crippen LogP contribution >= 0.6 is 0 Å². The van der Waals surface area contributed by atoms with Gasteiger partial charge in [0.2, 0.25) is 0 Å². The Labute approximate surface area is 191 Å². The van der Waals surface area contributed by atoms with E-state index >= 15 is 0 Å². The van der Waals surface area contributed by atoms with Crippen LogP contribution in [0.3, 0.4) is 0 Å². The fraction of sp³-hybridized carbons (Fsp3) is 0.522. The Kier molecular flexibility index (Phi) is 5.92. The Hall–Kier alpha value is -2.79. The van der Waals surface area contributed by atoms with Crippen LogP contribution in [0, 0.1) is 5.92 Å². The van der Waals surface area contributed by atoms with Gasteiger partial charge in [-0.05, 0) is 42.0 Å². The third-order valence-electron chi connectivity index (χ3n) is 6.24. The topological polar surface area (TPSA) is 135 Å². The molecule has 0 spiro atoms. The van der Waals surface area contributed by atoms with Gasteiger partial charge in [0.1, 0.15) is 30.4 Å². The van der Waals surface area contributed by atoms with Gasteiger partial charge in [0.15, 0.2) is 23.2 Å². The van der Waals surface area contributed by atoms with Gasteiger partial charge in [-0.2, -0.15) is 0 Å². The van der Waals surface area contributed by atoms with Gasteiger partial charge >= 0.3 is 0 Å². The van der Waals surface area contributed by atoms with Crippen LogP contribution in [0.15, 0.2) is 30.9 Å². The molecular formula is C23H29N5O5. The number of ether oxygens (including phenoxy) is 2. The minimum atomic E-state index is -1.21. The number of aliphatic hydroxyl groups is 3. The number of fused-ring (bicyclic) bond motifs is 2. The van der Waals surface area contributed by atoms with Crippen molar-refractivity contribution in [2.45, 2.75) is 57.3 Å². The van der Waals surface area contributed by atoms with Crippen molar-refractivity contribution in [1.82, 2.24) is 19.5 Å². The van der Waals surface area contributed by atoms with E-state index in [1.54, 1.807) is 4.57 Å². The van der Waals surface area contributed by atoms with Crippen LogP contribution in [0.5, 0.6) is 5.75 Å². The zero-order valence-electron chi connectivity index (χ0n) is 18.6. The first kappa shape index (κ1) is 22.0. The minimum Gasteiger partial charge on any atom is -0.493 e. The van der Waals surface area contributed by atoms with Crippen LogP contribution < -0.4 is 10.1 Å². The molecule has 1 aliphatic heterocycles. The molecule has 3 heterocycles. The molecule has 0 saturated carbocycles. The van der Waals surface area contributed by atoms with E-state index in [1.807, 2.05) is 6.07 Å². The highest BCUT2D eigenvalue weighted by molar-refractivity contribution is 5.83. The Balaban J connectivity index is 1.37. The van der Waals surface area contributed by atoms with Crippen molar-refractivity contribution in [1.29, 1.82) is 0 Å². The molecule has 10 nitrogen and oxygen atoms in total. The Morgan fingerprint density at radius 3 is 2.82 bits per heavy atom. The van der Waals surface area contributed by atoms with Crippen LogP contribution in [0.25, 0.3) is 11.2 Å². The van der Waals surface area contributed by atoms with Gasteiger partial charge in [-0.1, -0.05) is 19.9 Å². The number of benzene rings is 1. The fourth-order valence-electron chi connectivity index (χ4n) is 4.52. The lowest BCUT2D eigenvalue weighted by Gasteiger charge is -2.17. The zero-order valence-corrected chi connectivity index (χ0v) is 18.6. The summed E-state index contributed by atoms with van der Waals surface area (Å²) in [5, 5.41) is 33.3. The molecule has 2 aromatic heterocycles. The molecule has 1 aliphatic carbocycles. The summed E-state index contributed by atoms with van der Waals surface area (Å²) >= 11 is 0. The third-order valence-corrected chi connectivity index (χ3v) is 6.24. The smallest absolute Gasteiger partial charge is 0.167 e. The number of imidazole rings is 1. The van der Waals surface area contributed by atoms with Gasteiger partial charge in [-0.3, -0.25) is 4.57 Å². The summed E-state index contributed by atoms with van der Waals surface area (Å²) in [6.07, 6.45) is 0.629. The molecule has 1 fully saturated rings. The number of hydrogen-bond acceptors (Lipinski definition) is 9. The van der Waals surface area contributed by atoms with Crippen LogP contribution in [0.4, 0.5) is 5.82 Å². The average molecular weight is 456 g/mol. The SMILES string of the molecule is CC(C)COc1ccc2c(c1)CCC2Nc1ncnc2c1ncn2C1OC(CO)C(O)C1O. The Bertz CT molecular complexity index is 1140. The number of nitrogens with zero attached hydrogens (tertiary/aromatic N) is 4. The lowest BCUT2D eigenvalue weighted by atomic mass is 10.1. The van der Waals surface area contributed by atoms with E-state index in [0.29, 0.717) is 29.5 Å². The van der Waals surface area contributed by atoms with Gasteiger partial charge < -0.3 is 30.1 Å². The molecule has 2 aliphatic rings. The first-order chi connectivity index (χ1) is 16.0. The quantitative estimate of drug-likeness (QED) is 0.419. The largest absolute Gasteiger partial charge is 0.493 e. The maximum atomic E-state index is 10.4. The highest BCUT2D eigenvalue weighted by Gasteiger charge is 2.44. The lowest BCUT2D eigenvalue weighted by molar-refractivity contribution is -0.0511. The van der Waals surface area contributed by atoms with E-state index < -0.39 is 31.1 Å². The molecule has 1 aromatic carbocycles. The number of anilines is 1. The van der Waals surface area contributed by atoms with E-state index in [2.05, 4.69) is 46.2 Å². The number of nitrogens with one attached hydrogen (secondary N) is 1. The van der Waals surface area contributed by atoms with Gasteiger partial charge in [-0.15, -0.1) is 0 Å². The summed E-state index contributed by atoms with van der Waals surface area (Å²) in [4.78, 5) is 13.2. The molecule has 0 radical (unpaired) electrons. The second-order valence-corrected chi connectivity index (χ2v) is 9.08. The average Bonchev–Trinajstić information content (AvgIpc) is 3.49.